The lowest BCUT2D eigenvalue weighted by molar-refractivity contribution is 0.0930. The first-order chi connectivity index (χ1) is 11.3. The molecule has 0 heterocycles. The summed E-state index contributed by atoms with van der Waals surface area (Å²) in [5, 5.41) is 2.91. The van der Waals surface area contributed by atoms with Crippen molar-refractivity contribution in [1.29, 1.82) is 0 Å². The average molecular weight is 346 g/mol. The van der Waals surface area contributed by atoms with E-state index in [1.54, 1.807) is 42.5 Å². The Kier molecular flexibility index (Phi) is 5.62. The van der Waals surface area contributed by atoms with Crippen molar-refractivity contribution < 1.29 is 13.2 Å². The number of sulfonamides is 1. The minimum Gasteiger partial charge on any atom is -0.349 e. The van der Waals surface area contributed by atoms with E-state index in [0.717, 1.165) is 0 Å². The van der Waals surface area contributed by atoms with Gasteiger partial charge in [-0.15, -0.1) is 0 Å². The first kappa shape index (κ1) is 18.0. The fraction of sp³-hybridized carbons (Fsp3) is 0.278. The van der Waals surface area contributed by atoms with Crippen molar-refractivity contribution >= 4 is 21.6 Å². The molecule has 2 N–H and O–H groups in total. The molecule has 0 aliphatic heterocycles. The van der Waals surface area contributed by atoms with Gasteiger partial charge in [0, 0.05) is 17.3 Å². The topological polar surface area (TPSA) is 75.3 Å². The van der Waals surface area contributed by atoms with Crippen molar-refractivity contribution in [3.8, 4) is 0 Å². The Balaban J connectivity index is 2.09. The summed E-state index contributed by atoms with van der Waals surface area (Å²) < 4.78 is 27.0. The van der Waals surface area contributed by atoms with Crippen molar-refractivity contribution in [3.05, 3.63) is 60.2 Å². The van der Waals surface area contributed by atoms with Crippen LogP contribution in [0.4, 0.5) is 5.69 Å². The molecule has 24 heavy (non-hydrogen) atoms. The first-order valence-corrected chi connectivity index (χ1v) is 9.26. The van der Waals surface area contributed by atoms with Crippen molar-refractivity contribution in [2.24, 2.45) is 5.92 Å². The molecule has 0 aliphatic carbocycles. The highest BCUT2D eigenvalue weighted by Gasteiger charge is 2.15. The van der Waals surface area contributed by atoms with E-state index >= 15 is 0 Å². The summed E-state index contributed by atoms with van der Waals surface area (Å²) in [6.45, 7) is 6.02. The lowest BCUT2D eigenvalue weighted by atomic mass is 10.1. The molecule has 2 aromatic carbocycles. The van der Waals surface area contributed by atoms with Gasteiger partial charge in [0.2, 0.25) is 0 Å². The number of carbonyl (C=O) groups is 1. The van der Waals surface area contributed by atoms with Crippen LogP contribution in [0.1, 0.15) is 31.1 Å². The molecule has 2 aromatic rings. The van der Waals surface area contributed by atoms with Gasteiger partial charge in [0.25, 0.3) is 15.9 Å². The van der Waals surface area contributed by atoms with Crippen LogP contribution in [0.25, 0.3) is 0 Å². The number of hydrogen-bond donors (Lipinski definition) is 2. The highest BCUT2D eigenvalue weighted by Crippen LogP contribution is 2.16. The zero-order valence-electron chi connectivity index (χ0n) is 14.0. The normalized spacial score (nSPS) is 12.7. The Labute approximate surface area is 143 Å². The summed E-state index contributed by atoms with van der Waals surface area (Å²) >= 11 is 0. The second-order valence-electron chi connectivity index (χ2n) is 6.00. The zero-order valence-corrected chi connectivity index (χ0v) is 14.8. The van der Waals surface area contributed by atoms with Crippen LogP contribution in [-0.2, 0) is 10.0 Å². The molecule has 1 atom stereocenters. The number of nitrogens with one attached hydrogen (secondary N) is 2. The average Bonchev–Trinajstić information content (AvgIpc) is 2.55. The molecule has 0 radical (unpaired) electrons. The van der Waals surface area contributed by atoms with Crippen LogP contribution in [0, 0.1) is 5.92 Å². The number of anilines is 1. The second-order valence-corrected chi connectivity index (χ2v) is 7.68. The fourth-order valence-corrected chi connectivity index (χ4v) is 3.04. The van der Waals surface area contributed by atoms with Gasteiger partial charge in [-0.05, 0) is 49.2 Å². The van der Waals surface area contributed by atoms with Gasteiger partial charge < -0.3 is 5.32 Å². The lowest BCUT2D eigenvalue weighted by Crippen LogP contribution is -2.36. The molecule has 6 heteroatoms. The number of hydrogen-bond acceptors (Lipinski definition) is 3. The molecule has 0 saturated heterocycles. The van der Waals surface area contributed by atoms with Gasteiger partial charge in [-0.25, -0.2) is 8.42 Å². The van der Waals surface area contributed by atoms with Gasteiger partial charge in [-0.3, -0.25) is 9.52 Å². The largest absolute Gasteiger partial charge is 0.349 e. The molecule has 0 unspecified atom stereocenters. The highest BCUT2D eigenvalue weighted by molar-refractivity contribution is 7.92. The van der Waals surface area contributed by atoms with Crippen LogP contribution in [0.15, 0.2) is 59.5 Å². The Morgan fingerprint density at radius 1 is 0.917 bits per heavy atom. The summed E-state index contributed by atoms with van der Waals surface area (Å²) in [4.78, 5) is 12.3. The monoisotopic (exact) mass is 346 g/mol. The summed E-state index contributed by atoms with van der Waals surface area (Å²) in [5.74, 6) is 0.166. The van der Waals surface area contributed by atoms with Gasteiger partial charge in [0.15, 0.2) is 0 Å². The van der Waals surface area contributed by atoms with Gasteiger partial charge >= 0.3 is 0 Å². The van der Waals surface area contributed by atoms with Crippen molar-refractivity contribution in [2.45, 2.75) is 31.7 Å². The molecule has 0 saturated carbocycles. The third-order valence-electron chi connectivity index (χ3n) is 3.81. The van der Waals surface area contributed by atoms with Crippen LogP contribution in [0.3, 0.4) is 0 Å². The predicted molar refractivity (Wildman–Crippen MR) is 95.5 cm³/mol. The maximum Gasteiger partial charge on any atom is 0.261 e. The van der Waals surface area contributed by atoms with Crippen molar-refractivity contribution in [2.75, 3.05) is 4.72 Å². The molecule has 5 nitrogen and oxygen atoms in total. The van der Waals surface area contributed by atoms with Gasteiger partial charge in [0.05, 0.1) is 4.90 Å². The Bertz CT molecular complexity index is 785. The van der Waals surface area contributed by atoms with E-state index < -0.39 is 10.0 Å². The van der Waals surface area contributed by atoms with E-state index in [-0.39, 0.29) is 16.8 Å². The number of carbonyl (C=O) groups excluding carboxylic acids is 1. The fourth-order valence-electron chi connectivity index (χ4n) is 1.96. The van der Waals surface area contributed by atoms with E-state index in [9.17, 15) is 13.2 Å². The third-order valence-corrected chi connectivity index (χ3v) is 5.21. The van der Waals surface area contributed by atoms with Gasteiger partial charge in [-0.1, -0.05) is 32.0 Å². The van der Waals surface area contributed by atoms with Crippen LogP contribution >= 0.6 is 0 Å². The van der Waals surface area contributed by atoms with Crippen LogP contribution in [0.2, 0.25) is 0 Å². The van der Waals surface area contributed by atoms with Crippen molar-refractivity contribution in [1.82, 2.24) is 5.32 Å². The quantitative estimate of drug-likeness (QED) is 0.843. The molecule has 0 spiro atoms. The number of amides is 1. The maximum atomic E-state index is 12.3. The second kappa shape index (κ2) is 7.49. The van der Waals surface area contributed by atoms with E-state index in [0.29, 0.717) is 17.2 Å². The van der Waals surface area contributed by atoms with Gasteiger partial charge in [0.1, 0.15) is 0 Å². The molecule has 2 rings (SSSR count). The van der Waals surface area contributed by atoms with E-state index in [1.165, 1.54) is 12.1 Å². The summed E-state index contributed by atoms with van der Waals surface area (Å²) in [5.41, 5.74) is 0.900. The van der Waals surface area contributed by atoms with Crippen molar-refractivity contribution in [3.63, 3.8) is 0 Å². The van der Waals surface area contributed by atoms with E-state index in [4.69, 9.17) is 0 Å². The maximum absolute atomic E-state index is 12.3. The predicted octanol–water partition coefficient (Wildman–Crippen LogP) is 3.26. The Morgan fingerprint density at radius 3 is 2.04 bits per heavy atom. The van der Waals surface area contributed by atoms with Crippen LogP contribution in [-0.4, -0.2) is 20.4 Å². The minimum atomic E-state index is -3.63. The molecule has 128 valence electrons. The molecular formula is C18H22N2O3S. The molecule has 0 aromatic heterocycles. The SMILES string of the molecule is CC(C)[C@@H](C)NC(=O)c1ccc(NS(=O)(=O)c2ccccc2)cc1. The number of benzene rings is 2. The minimum absolute atomic E-state index is 0.0637. The summed E-state index contributed by atoms with van der Waals surface area (Å²) in [6.07, 6.45) is 0. The molecular weight excluding hydrogens is 324 g/mol. The van der Waals surface area contributed by atoms with E-state index in [1.807, 2.05) is 20.8 Å². The zero-order chi connectivity index (χ0) is 17.7. The summed E-state index contributed by atoms with van der Waals surface area (Å²) in [7, 11) is -3.63. The lowest BCUT2D eigenvalue weighted by Gasteiger charge is -2.17. The Hall–Kier alpha value is -2.34. The summed E-state index contributed by atoms with van der Waals surface area (Å²) in [6, 6.07) is 14.6. The Morgan fingerprint density at radius 2 is 1.50 bits per heavy atom. The standard InChI is InChI=1S/C18H22N2O3S/c1-13(2)14(3)19-18(21)15-9-11-16(12-10-15)20-24(22,23)17-7-5-4-6-8-17/h4-14,20H,1-3H3,(H,19,21)/t14-/m1/s1. The molecule has 0 aliphatic rings. The third kappa shape index (κ3) is 4.58. The molecule has 1 amide bonds. The van der Waals surface area contributed by atoms with Crippen LogP contribution < -0.4 is 10.0 Å². The van der Waals surface area contributed by atoms with E-state index in [2.05, 4.69) is 10.0 Å². The molecule has 0 fully saturated rings. The highest BCUT2D eigenvalue weighted by atomic mass is 32.2. The van der Waals surface area contributed by atoms with Crippen LogP contribution in [0.5, 0.6) is 0 Å². The van der Waals surface area contributed by atoms with Gasteiger partial charge in [-0.2, -0.15) is 0 Å². The smallest absolute Gasteiger partial charge is 0.261 e. The first-order valence-electron chi connectivity index (χ1n) is 7.78. The molecule has 0 bridgehead atoms. The number of rotatable bonds is 6.